The largest absolute Gasteiger partial charge is 0.492 e. The van der Waals surface area contributed by atoms with E-state index >= 15 is 0 Å². The van der Waals surface area contributed by atoms with E-state index in [1.54, 1.807) is 23.1 Å². The summed E-state index contributed by atoms with van der Waals surface area (Å²) in [6, 6.07) is 33.1. The van der Waals surface area contributed by atoms with Crippen molar-refractivity contribution >= 4 is 58.0 Å². The lowest BCUT2D eigenvalue weighted by Gasteiger charge is -2.34. The predicted molar refractivity (Wildman–Crippen MR) is 215 cm³/mol. The number of rotatable bonds is 13. The SMILES string of the molecule is O=C1CCC(N2Cc3c(NC(=O)CC(=O)N4CCN(CCOc5ccc(/C(=C(/CCCl)c6ccccc6)c6ccccc6)cc5)CC4)cccc3C2=O)C(=O)N1. The molecule has 3 aliphatic rings. The first-order chi connectivity index (χ1) is 27.3. The van der Waals surface area contributed by atoms with Gasteiger partial charge in [-0.3, -0.25) is 34.2 Å². The van der Waals surface area contributed by atoms with E-state index in [1.165, 1.54) is 10.5 Å². The van der Waals surface area contributed by atoms with E-state index < -0.39 is 17.9 Å². The number of anilines is 1. The molecule has 5 amide bonds. The normalized spacial score (nSPS) is 17.6. The number of hydrogen-bond acceptors (Lipinski definition) is 7. The number of piperazine rings is 1. The van der Waals surface area contributed by atoms with Gasteiger partial charge < -0.3 is 19.9 Å². The molecule has 11 nitrogen and oxygen atoms in total. The second-order valence-electron chi connectivity index (χ2n) is 14.1. The highest BCUT2D eigenvalue weighted by Gasteiger charge is 2.40. The third kappa shape index (κ3) is 8.85. The third-order valence-electron chi connectivity index (χ3n) is 10.5. The molecule has 4 aromatic rings. The van der Waals surface area contributed by atoms with Crippen molar-refractivity contribution in [3.8, 4) is 5.75 Å². The lowest BCUT2D eigenvalue weighted by Crippen LogP contribution is -2.52. The van der Waals surface area contributed by atoms with Crippen molar-refractivity contribution in [3.63, 3.8) is 0 Å². The smallest absolute Gasteiger partial charge is 0.255 e. The summed E-state index contributed by atoms with van der Waals surface area (Å²) in [5, 5.41) is 5.10. The Kier molecular flexibility index (Phi) is 12.2. The van der Waals surface area contributed by atoms with E-state index in [0.717, 1.165) is 34.4 Å². The number of piperidine rings is 1. The van der Waals surface area contributed by atoms with Crippen molar-refractivity contribution in [2.75, 3.05) is 50.5 Å². The minimum Gasteiger partial charge on any atom is -0.492 e. The van der Waals surface area contributed by atoms with Crippen LogP contribution in [0.1, 0.15) is 58.3 Å². The zero-order chi connectivity index (χ0) is 39.0. The molecule has 1 atom stereocenters. The van der Waals surface area contributed by atoms with Crippen LogP contribution in [-0.4, -0.2) is 95.5 Å². The van der Waals surface area contributed by atoms with Crippen LogP contribution >= 0.6 is 11.6 Å². The lowest BCUT2D eigenvalue weighted by molar-refractivity contribution is -0.138. The molecule has 56 heavy (non-hydrogen) atoms. The van der Waals surface area contributed by atoms with Gasteiger partial charge in [0.05, 0.1) is 0 Å². The maximum atomic E-state index is 13.1. The number of allylic oxidation sites excluding steroid dienone is 1. The van der Waals surface area contributed by atoms with Gasteiger partial charge in [0.15, 0.2) is 0 Å². The molecular weight excluding hydrogens is 730 g/mol. The Morgan fingerprint density at radius 2 is 1.48 bits per heavy atom. The minimum absolute atomic E-state index is 0.124. The molecule has 2 N–H and O–H groups in total. The van der Waals surface area contributed by atoms with Crippen molar-refractivity contribution in [2.24, 2.45) is 0 Å². The first-order valence-electron chi connectivity index (χ1n) is 19.0. The number of amides is 5. The Morgan fingerprint density at radius 3 is 2.16 bits per heavy atom. The molecule has 3 heterocycles. The molecular formula is C44H44ClN5O6. The van der Waals surface area contributed by atoms with Gasteiger partial charge >= 0.3 is 0 Å². The van der Waals surface area contributed by atoms with Crippen LogP contribution in [0.5, 0.6) is 5.75 Å². The lowest BCUT2D eigenvalue weighted by atomic mass is 9.88. The standard InChI is InChI=1S/C44H44ClN5O6/c45-21-20-34(30-8-3-1-4-9-30)42(31-10-5-2-6-11-31)32-14-16-33(17-15-32)56-27-26-48-22-24-49(25-23-48)41(53)28-40(52)46-37-13-7-12-35-36(37)29-50(44(35)55)38-18-19-39(51)47-43(38)54/h1-17,38H,18-29H2,(H,46,52)(H,47,51,54)/b42-34-. The molecule has 4 aromatic carbocycles. The average Bonchev–Trinajstić information content (AvgIpc) is 3.55. The van der Waals surface area contributed by atoms with Crippen LogP contribution in [0.2, 0.25) is 0 Å². The summed E-state index contributed by atoms with van der Waals surface area (Å²) in [6.07, 6.45) is 0.802. The number of ether oxygens (including phenoxy) is 1. The molecule has 0 bridgehead atoms. The molecule has 2 fully saturated rings. The Morgan fingerprint density at radius 1 is 0.804 bits per heavy atom. The first-order valence-corrected chi connectivity index (χ1v) is 19.5. The summed E-state index contributed by atoms with van der Waals surface area (Å²) in [5.41, 5.74) is 7.10. The second-order valence-corrected chi connectivity index (χ2v) is 14.5. The van der Waals surface area contributed by atoms with E-state index in [-0.39, 0.29) is 43.5 Å². The van der Waals surface area contributed by atoms with Gasteiger partial charge in [-0.2, -0.15) is 0 Å². The Balaban J connectivity index is 0.886. The van der Waals surface area contributed by atoms with Crippen LogP contribution in [0.4, 0.5) is 5.69 Å². The van der Waals surface area contributed by atoms with E-state index in [2.05, 4.69) is 51.9 Å². The van der Waals surface area contributed by atoms with Gasteiger partial charge in [0, 0.05) is 68.4 Å². The van der Waals surface area contributed by atoms with Crippen LogP contribution in [0.25, 0.3) is 11.1 Å². The fourth-order valence-electron chi connectivity index (χ4n) is 7.65. The minimum atomic E-state index is -0.758. The number of carbonyl (C=O) groups is 5. The fourth-order valence-corrected chi connectivity index (χ4v) is 7.83. The molecule has 0 radical (unpaired) electrons. The van der Waals surface area contributed by atoms with Crippen LogP contribution in [0, 0.1) is 0 Å². The topological polar surface area (TPSA) is 128 Å². The molecule has 3 aliphatic heterocycles. The van der Waals surface area contributed by atoms with Crippen LogP contribution in [0.15, 0.2) is 103 Å². The molecule has 7 rings (SSSR count). The van der Waals surface area contributed by atoms with E-state index in [4.69, 9.17) is 16.3 Å². The Labute approximate surface area is 331 Å². The number of nitrogens with one attached hydrogen (secondary N) is 2. The molecule has 0 spiro atoms. The van der Waals surface area contributed by atoms with Gasteiger partial charge in [-0.15, -0.1) is 11.6 Å². The summed E-state index contributed by atoms with van der Waals surface area (Å²) in [7, 11) is 0. The highest BCUT2D eigenvalue weighted by atomic mass is 35.5. The maximum absolute atomic E-state index is 13.1. The van der Waals surface area contributed by atoms with Gasteiger partial charge in [-0.1, -0.05) is 78.9 Å². The summed E-state index contributed by atoms with van der Waals surface area (Å²) in [5.74, 6) is -0.642. The number of nitrogens with zero attached hydrogens (tertiary/aromatic N) is 3. The average molecular weight is 774 g/mol. The molecule has 2 saturated heterocycles. The monoisotopic (exact) mass is 773 g/mol. The van der Waals surface area contributed by atoms with E-state index in [1.807, 2.05) is 48.5 Å². The predicted octanol–water partition coefficient (Wildman–Crippen LogP) is 5.59. The van der Waals surface area contributed by atoms with Gasteiger partial charge in [-0.25, -0.2) is 0 Å². The Hall–Kier alpha value is -5.78. The summed E-state index contributed by atoms with van der Waals surface area (Å²) in [6.45, 7) is 3.63. The zero-order valence-corrected chi connectivity index (χ0v) is 31.8. The van der Waals surface area contributed by atoms with Gasteiger partial charge in [-0.05, 0) is 64.9 Å². The van der Waals surface area contributed by atoms with Crippen molar-refractivity contribution in [3.05, 3.63) is 131 Å². The van der Waals surface area contributed by atoms with E-state index in [9.17, 15) is 24.0 Å². The number of benzene rings is 4. The molecule has 12 heteroatoms. The Bertz CT molecular complexity index is 2120. The van der Waals surface area contributed by atoms with Crippen molar-refractivity contribution in [1.82, 2.24) is 20.0 Å². The number of imide groups is 1. The first kappa shape index (κ1) is 38.5. The molecule has 0 aliphatic carbocycles. The number of halogens is 1. The second kappa shape index (κ2) is 17.8. The van der Waals surface area contributed by atoms with Gasteiger partial charge in [0.1, 0.15) is 24.8 Å². The quantitative estimate of drug-likeness (QED) is 0.0786. The third-order valence-corrected chi connectivity index (χ3v) is 10.7. The number of fused-ring (bicyclic) bond motifs is 1. The van der Waals surface area contributed by atoms with Crippen molar-refractivity contribution in [1.29, 1.82) is 0 Å². The molecule has 1 unspecified atom stereocenters. The number of hydrogen-bond donors (Lipinski definition) is 2. The number of carbonyl (C=O) groups excluding carboxylic acids is 5. The van der Waals surface area contributed by atoms with Gasteiger partial charge in [0.2, 0.25) is 23.6 Å². The van der Waals surface area contributed by atoms with Crippen molar-refractivity contribution < 1.29 is 28.7 Å². The molecule has 288 valence electrons. The zero-order valence-electron chi connectivity index (χ0n) is 31.0. The maximum Gasteiger partial charge on any atom is 0.255 e. The van der Waals surface area contributed by atoms with Crippen LogP contribution in [0.3, 0.4) is 0 Å². The fraction of sp³-hybridized carbons (Fsp3) is 0.295. The summed E-state index contributed by atoms with van der Waals surface area (Å²) < 4.78 is 6.14. The van der Waals surface area contributed by atoms with Crippen LogP contribution in [-0.2, 0) is 25.7 Å². The van der Waals surface area contributed by atoms with Gasteiger partial charge in [0.25, 0.3) is 5.91 Å². The highest BCUT2D eigenvalue weighted by molar-refractivity contribution is 6.18. The van der Waals surface area contributed by atoms with Crippen LogP contribution < -0.4 is 15.4 Å². The highest BCUT2D eigenvalue weighted by Crippen LogP contribution is 2.36. The number of alkyl halides is 1. The van der Waals surface area contributed by atoms with E-state index in [0.29, 0.717) is 62.0 Å². The molecule has 0 saturated carbocycles. The summed E-state index contributed by atoms with van der Waals surface area (Å²) >= 11 is 6.31. The summed E-state index contributed by atoms with van der Waals surface area (Å²) in [4.78, 5) is 68.7. The molecule has 0 aromatic heterocycles. The van der Waals surface area contributed by atoms with Crippen molar-refractivity contribution in [2.45, 2.75) is 38.3 Å².